The fourth-order valence-electron chi connectivity index (χ4n) is 3.08. The monoisotopic (exact) mass is 502 g/mol. The van der Waals surface area contributed by atoms with E-state index in [2.05, 4.69) is 14.7 Å². The van der Waals surface area contributed by atoms with Crippen LogP contribution in [0.3, 0.4) is 0 Å². The van der Waals surface area contributed by atoms with Crippen molar-refractivity contribution in [2.24, 2.45) is 0 Å². The Morgan fingerprint density at radius 1 is 1.21 bits per heavy atom. The number of sulfonamides is 1. The van der Waals surface area contributed by atoms with Crippen molar-refractivity contribution in [2.75, 3.05) is 18.1 Å². The van der Waals surface area contributed by atoms with Crippen LogP contribution in [0.2, 0.25) is 0 Å². The molecular formula is C20H21F3N4O4S2. The van der Waals surface area contributed by atoms with Gasteiger partial charge in [-0.05, 0) is 49.6 Å². The zero-order chi connectivity index (χ0) is 23.6. The van der Waals surface area contributed by atoms with Gasteiger partial charge in [-0.3, -0.25) is 9.36 Å². The van der Waals surface area contributed by atoms with Gasteiger partial charge in [0.15, 0.2) is 11.8 Å². The summed E-state index contributed by atoms with van der Waals surface area (Å²) in [7, 11) is -3.34. The summed E-state index contributed by atoms with van der Waals surface area (Å²) in [5.74, 6) is 0.389. The number of hydrogen-bond acceptors (Lipinski definition) is 6. The van der Waals surface area contributed by atoms with Gasteiger partial charge in [0, 0.05) is 18.0 Å². The highest BCUT2D eigenvalue weighted by Crippen LogP contribution is 2.25. The van der Waals surface area contributed by atoms with Crippen molar-refractivity contribution < 1.29 is 26.3 Å². The molecule has 0 atom stereocenters. The number of rotatable bonds is 10. The predicted octanol–water partition coefficient (Wildman–Crippen LogP) is 3.22. The van der Waals surface area contributed by atoms with Crippen LogP contribution in [0.25, 0.3) is 16.7 Å². The standard InChI is InChI=1S/C20H21F3N4O4S2/c21-20(22,23)12-31-15-6-4-14(5-7-15)27-18(28)17-16(8-9-24-17)25-19(27)32-10-1-11-33(29,30)26-13-2-3-13/h4-9,13,24,26H,1-3,10-12H2. The number of hydrogen-bond donors (Lipinski definition) is 2. The van der Waals surface area contributed by atoms with Crippen LogP contribution >= 0.6 is 11.8 Å². The van der Waals surface area contributed by atoms with Crippen molar-refractivity contribution in [3.05, 3.63) is 46.9 Å². The van der Waals surface area contributed by atoms with Gasteiger partial charge >= 0.3 is 6.18 Å². The number of nitrogens with one attached hydrogen (secondary N) is 2. The molecule has 178 valence electrons. The number of H-pyrrole nitrogens is 1. The maximum absolute atomic E-state index is 13.1. The number of ether oxygens (including phenoxy) is 1. The lowest BCUT2D eigenvalue weighted by Gasteiger charge is -2.13. The molecule has 2 N–H and O–H groups in total. The van der Waals surface area contributed by atoms with E-state index in [1.165, 1.54) is 40.6 Å². The van der Waals surface area contributed by atoms with Crippen LogP contribution in [-0.4, -0.2) is 53.3 Å². The molecule has 0 radical (unpaired) electrons. The van der Waals surface area contributed by atoms with Crippen molar-refractivity contribution in [3.8, 4) is 11.4 Å². The first kappa shape index (κ1) is 23.6. The molecule has 2 heterocycles. The fourth-order valence-corrected chi connectivity index (χ4v) is 5.61. The second-order valence-electron chi connectivity index (χ2n) is 7.58. The summed E-state index contributed by atoms with van der Waals surface area (Å²) < 4.78 is 69.9. The van der Waals surface area contributed by atoms with Gasteiger partial charge in [-0.15, -0.1) is 0 Å². The Balaban J connectivity index is 1.52. The molecule has 1 aliphatic rings. The SMILES string of the molecule is O=c1c2[nH]ccc2nc(SCCCS(=O)(=O)NC2CC2)n1-c1ccc(OCC(F)(F)F)cc1. The van der Waals surface area contributed by atoms with Gasteiger partial charge in [0.05, 0.1) is 17.0 Å². The average molecular weight is 503 g/mol. The number of aromatic amines is 1. The van der Waals surface area contributed by atoms with Gasteiger partial charge in [0.2, 0.25) is 10.0 Å². The molecule has 2 aromatic heterocycles. The second-order valence-corrected chi connectivity index (χ2v) is 10.5. The maximum atomic E-state index is 13.1. The van der Waals surface area contributed by atoms with Gasteiger partial charge in [0.25, 0.3) is 5.56 Å². The highest BCUT2D eigenvalue weighted by atomic mass is 32.2. The van der Waals surface area contributed by atoms with Gasteiger partial charge < -0.3 is 9.72 Å². The Morgan fingerprint density at radius 2 is 1.94 bits per heavy atom. The van der Waals surface area contributed by atoms with Crippen LogP contribution in [0.1, 0.15) is 19.3 Å². The quantitative estimate of drug-likeness (QED) is 0.251. The number of benzene rings is 1. The molecule has 3 aromatic rings. The highest BCUT2D eigenvalue weighted by Gasteiger charge is 2.28. The zero-order valence-electron chi connectivity index (χ0n) is 17.3. The molecule has 1 aliphatic carbocycles. The molecule has 0 unspecified atom stereocenters. The van der Waals surface area contributed by atoms with Gasteiger partial charge in [-0.2, -0.15) is 13.2 Å². The van der Waals surface area contributed by atoms with Crippen LogP contribution in [0.5, 0.6) is 5.75 Å². The summed E-state index contributed by atoms with van der Waals surface area (Å²) in [4.78, 5) is 20.4. The van der Waals surface area contributed by atoms with Crippen molar-refractivity contribution in [1.82, 2.24) is 19.3 Å². The molecule has 0 spiro atoms. The molecule has 1 aromatic carbocycles. The van der Waals surface area contributed by atoms with Gasteiger partial charge in [-0.1, -0.05) is 11.8 Å². The molecule has 0 amide bonds. The summed E-state index contributed by atoms with van der Waals surface area (Å²) in [6.45, 7) is -1.41. The van der Waals surface area contributed by atoms with Crippen molar-refractivity contribution in [2.45, 2.75) is 36.6 Å². The van der Waals surface area contributed by atoms with Crippen LogP contribution < -0.4 is 15.0 Å². The minimum atomic E-state index is -4.45. The molecule has 0 bridgehead atoms. The van der Waals surface area contributed by atoms with Crippen molar-refractivity contribution >= 4 is 32.8 Å². The second kappa shape index (κ2) is 9.39. The largest absolute Gasteiger partial charge is 0.484 e. The Morgan fingerprint density at radius 3 is 2.61 bits per heavy atom. The normalized spacial score (nSPS) is 14.6. The lowest BCUT2D eigenvalue weighted by molar-refractivity contribution is -0.153. The number of fused-ring (bicyclic) bond motifs is 1. The summed E-state index contributed by atoms with van der Waals surface area (Å²) in [6.07, 6.45) is -0.786. The van der Waals surface area contributed by atoms with Crippen LogP contribution in [0, 0.1) is 0 Å². The molecule has 1 saturated carbocycles. The molecule has 8 nitrogen and oxygen atoms in total. The first-order valence-corrected chi connectivity index (χ1v) is 12.8. The van der Waals surface area contributed by atoms with Gasteiger partial charge in [-0.25, -0.2) is 18.1 Å². The van der Waals surface area contributed by atoms with E-state index in [9.17, 15) is 26.4 Å². The first-order chi connectivity index (χ1) is 15.6. The zero-order valence-corrected chi connectivity index (χ0v) is 18.9. The van der Waals surface area contributed by atoms with Gasteiger partial charge in [0.1, 0.15) is 11.3 Å². The van der Waals surface area contributed by atoms with Crippen molar-refractivity contribution in [3.63, 3.8) is 0 Å². The lowest BCUT2D eigenvalue weighted by atomic mass is 10.3. The Bertz CT molecular complexity index is 1280. The topological polar surface area (TPSA) is 106 Å². The lowest BCUT2D eigenvalue weighted by Crippen LogP contribution is -2.28. The third-order valence-electron chi connectivity index (χ3n) is 4.76. The van der Waals surface area contributed by atoms with E-state index in [4.69, 9.17) is 4.74 Å². The molecule has 0 aliphatic heterocycles. The Labute approximate surface area is 191 Å². The van der Waals surface area contributed by atoms with E-state index in [-0.39, 0.29) is 28.6 Å². The van der Waals surface area contributed by atoms with Crippen LogP contribution in [0.15, 0.2) is 46.5 Å². The number of nitrogens with zero attached hydrogens (tertiary/aromatic N) is 2. The van der Waals surface area contributed by atoms with E-state index in [1.807, 2.05) is 0 Å². The Kier molecular flexibility index (Phi) is 6.73. The number of alkyl halides is 3. The minimum Gasteiger partial charge on any atom is -0.484 e. The molecular weight excluding hydrogens is 481 g/mol. The van der Waals surface area contributed by atoms with E-state index in [0.717, 1.165) is 12.8 Å². The summed E-state index contributed by atoms with van der Waals surface area (Å²) >= 11 is 1.23. The maximum Gasteiger partial charge on any atom is 0.422 e. The summed E-state index contributed by atoms with van der Waals surface area (Å²) in [6, 6.07) is 7.33. The van der Waals surface area contributed by atoms with E-state index >= 15 is 0 Å². The smallest absolute Gasteiger partial charge is 0.422 e. The third-order valence-corrected chi connectivity index (χ3v) is 7.30. The molecule has 0 saturated heterocycles. The highest BCUT2D eigenvalue weighted by molar-refractivity contribution is 7.99. The fraction of sp³-hybridized carbons (Fsp3) is 0.400. The Hall–Kier alpha value is -2.51. The van der Waals surface area contributed by atoms with E-state index in [0.29, 0.717) is 28.5 Å². The summed E-state index contributed by atoms with van der Waals surface area (Å²) in [5.41, 5.74) is 0.772. The molecule has 13 heteroatoms. The van der Waals surface area contributed by atoms with Crippen LogP contribution in [-0.2, 0) is 10.0 Å². The molecule has 33 heavy (non-hydrogen) atoms. The minimum absolute atomic E-state index is 0.0145. The molecule has 1 fully saturated rings. The number of thioether (sulfide) groups is 1. The first-order valence-electron chi connectivity index (χ1n) is 10.1. The number of aromatic nitrogens is 3. The van der Waals surface area contributed by atoms with E-state index in [1.54, 1.807) is 12.3 Å². The predicted molar refractivity (Wildman–Crippen MR) is 119 cm³/mol. The third kappa shape index (κ3) is 6.30. The van der Waals surface area contributed by atoms with Crippen LogP contribution in [0.4, 0.5) is 13.2 Å². The summed E-state index contributed by atoms with van der Waals surface area (Å²) in [5, 5.41) is 0.351. The van der Waals surface area contributed by atoms with Crippen molar-refractivity contribution in [1.29, 1.82) is 0 Å². The number of halogens is 3. The van der Waals surface area contributed by atoms with E-state index < -0.39 is 22.8 Å². The average Bonchev–Trinajstić information content (AvgIpc) is 3.41. The molecule has 4 rings (SSSR count).